The normalized spacial score (nSPS) is 22.3. The molecule has 1 aliphatic rings. The lowest BCUT2D eigenvalue weighted by atomic mass is 9.95. The number of nitrogens with two attached hydrogens (primary N) is 1. The number of rotatable bonds is 4. The quantitative estimate of drug-likeness (QED) is 0.894. The predicted octanol–water partition coefficient (Wildman–Crippen LogP) is 2.77. The summed E-state index contributed by atoms with van der Waals surface area (Å²) in [6.07, 6.45) is 3.08. The maximum absolute atomic E-state index is 12.2. The Kier molecular flexibility index (Phi) is 4.82. The molecule has 0 spiro atoms. The van der Waals surface area contributed by atoms with E-state index in [0.29, 0.717) is 12.5 Å². The van der Waals surface area contributed by atoms with E-state index in [1.807, 2.05) is 18.2 Å². The largest absolute Gasteiger partial charge is 0.496 e. The summed E-state index contributed by atoms with van der Waals surface area (Å²) in [6, 6.07) is 5.52. The summed E-state index contributed by atoms with van der Waals surface area (Å²) in [5.41, 5.74) is 6.49. The van der Waals surface area contributed by atoms with Crippen LogP contribution in [0.3, 0.4) is 0 Å². The molecule has 1 amide bonds. The third-order valence-electron chi connectivity index (χ3n) is 3.72. The highest BCUT2D eigenvalue weighted by molar-refractivity contribution is 9.10. The van der Waals surface area contributed by atoms with Crippen molar-refractivity contribution in [2.45, 2.75) is 19.3 Å². The van der Waals surface area contributed by atoms with E-state index < -0.39 is 0 Å². The van der Waals surface area contributed by atoms with Gasteiger partial charge in [-0.25, -0.2) is 0 Å². The van der Waals surface area contributed by atoms with Crippen molar-refractivity contribution in [3.63, 3.8) is 0 Å². The number of halogens is 1. The molecule has 1 aromatic rings. The van der Waals surface area contributed by atoms with Crippen LogP contribution in [0.15, 0.2) is 22.7 Å². The van der Waals surface area contributed by atoms with Gasteiger partial charge in [0.2, 0.25) is 5.91 Å². The minimum Gasteiger partial charge on any atom is -0.496 e. The lowest BCUT2D eigenvalue weighted by Gasteiger charge is -2.17. The number of amides is 1. The van der Waals surface area contributed by atoms with E-state index in [4.69, 9.17) is 10.5 Å². The molecule has 104 valence electrons. The summed E-state index contributed by atoms with van der Waals surface area (Å²) in [7, 11) is 1.61. The zero-order valence-corrected chi connectivity index (χ0v) is 12.6. The van der Waals surface area contributed by atoms with Crippen molar-refractivity contribution in [3.8, 4) is 5.75 Å². The molecule has 1 aromatic carbocycles. The van der Waals surface area contributed by atoms with Crippen molar-refractivity contribution in [1.29, 1.82) is 0 Å². The fourth-order valence-corrected chi connectivity index (χ4v) is 3.18. The average Bonchev–Trinajstić information content (AvgIpc) is 2.87. The third kappa shape index (κ3) is 3.28. The van der Waals surface area contributed by atoms with Gasteiger partial charge in [-0.15, -0.1) is 0 Å². The maximum Gasteiger partial charge on any atom is 0.227 e. The van der Waals surface area contributed by atoms with Crippen LogP contribution in [0.5, 0.6) is 5.75 Å². The molecule has 0 radical (unpaired) electrons. The molecule has 0 bridgehead atoms. The van der Waals surface area contributed by atoms with Crippen molar-refractivity contribution < 1.29 is 9.53 Å². The number of hydrogen-bond donors (Lipinski definition) is 2. The minimum atomic E-state index is 0.0471. The molecule has 2 atom stereocenters. The highest BCUT2D eigenvalue weighted by Gasteiger charge is 2.31. The monoisotopic (exact) mass is 326 g/mol. The van der Waals surface area contributed by atoms with Gasteiger partial charge in [-0.2, -0.15) is 0 Å². The molecule has 4 nitrogen and oxygen atoms in total. The Morgan fingerprint density at radius 3 is 2.95 bits per heavy atom. The van der Waals surface area contributed by atoms with E-state index in [9.17, 15) is 4.79 Å². The maximum atomic E-state index is 12.2. The van der Waals surface area contributed by atoms with Crippen LogP contribution in [-0.4, -0.2) is 19.6 Å². The Labute approximate surface area is 121 Å². The fourth-order valence-electron chi connectivity index (χ4n) is 2.64. The summed E-state index contributed by atoms with van der Waals surface area (Å²) < 4.78 is 5.99. The van der Waals surface area contributed by atoms with Crippen molar-refractivity contribution in [2.24, 2.45) is 17.6 Å². The molecular formula is C14H19BrN2O2. The Morgan fingerprint density at radius 2 is 2.32 bits per heavy atom. The van der Waals surface area contributed by atoms with Crippen molar-refractivity contribution in [3.05, 3.63) is 22.7 Å². The van der Waals surface area contributed by atoms with Crippen molar-refractivity contribution in [1.82, 2.24) is 0 Å². The molecule has 1 aliphatic carbocycles. The number of anilines is 1. The molecule has 1 saturated carbocycles. The second-order valence-corrected chi connectivity index (χ2v) is 5.73. The number of hydrogen-bond acceptors (Lipinski definition) is 3. The van der Waals surface area contributed by atoms with Gasteiger partial charge in [-0.1, -0.05) is 6.42 Å². The van der Waals surface area contributed by atoms with Crippen molar-refractivity contribution >= 4 is 27.5 Å². The topological polar surface area (TPSA) is 64.3 Å². The van der Waals surface area contributed by atoms with E-state index in [0.717, 1.165) is 35.2 Å². The molecule has 0 aromatic heterocycles. The van der Waals surface area contributed by atoms with Crippen LogP contribution in [0, 0.1) is 11.8 Å². The molecule has 2 rings (SSSR count). The first-order chi connectivity index (χ1) is 9.15. The van der Waals surface area contributed by atoms with Crippen LogP contribution >= 0.6 is 15.9 Å². The van der Waals surface area contributed by atoms with Crippen LogP contribution in [0.4, 0.5) is 5.69 Å². The van der Waals surface area contributed by atoms with Gasteiger partial charge < -0.3 is 15.8 Å². The molecular weight excluding hydrogens is 308 g/mol. The summed E-state index contributed by atoms with van der Waals surface area (Å²) in [5, 5.41) is 2.96. The number of carbonyl (C=O) groups is 1. The van der Waals surface area contributed by atoms with E-state index in [1.165, 1.54) is 0 Å². The summed E-state index contributed by atoms with van der Waals surface area (Å²) in [6.45, 7) is 0.588. The van der Waals surface area contributed by atoms with E-state index in [2.05, 4.69) is 21.2 Å². The lowest BCUT2D eigenvalue weighted by molar-refractivity contribution is -0.120. The summed E-state index contributed by atoms with van der Waals surface area (Å²) in [5.74, 6) is 1.19. The average molecular weight is 327 g/mol. The lowest BCUT2D eigenvalue weighted by Crippen LogP contribution is -2.29. The first kappa shape index (κ1) is 14.3. The molecule has 1 fully saturated rings. The van der Waals surface area contributed by atoms with Crippen LogP contribution in [-0.2, 0) is 4.79 Å². The van der Waals surface area contributed by atoms with Crippen LogP contribution < -0.4 is 15.8 Å². The van der Waals surface area contributed by atoms with Gasteiger partial charge in [0.1, 0.15) is 5.75 Å². The first-order valence-electron chi connectivity index (χ1n) is 6.50. The number of benzene rings is 1. The van der Waals surface area contributed by atoms with Crippen LogP contribution in [0.2, 0.25) is 0 Å². The van der Waals surface area contributed by atoms with Gasteiger partial charge in [-0.3, -0.25) is 4.79 Å². The van der Waals surface area contributed by atoms with E-state index in [1.54, 1.807) is 7.11 Å². The van der Waals surface area contributed by atoms with Gasteiger partial charge in [0.25, 0.3) is 0 Å². The highest BCUT2D eigenvalue weighted by atomic mass is 79.9. The second kappa shape index (κ2) is 6.39. The zero-order chi connectivity index (χ0) is 13.8. The molecule has 0 aliphatic heterocycles. The first-order valence-corrected chi connectivity index (χ1v) is 7.29. The van der Waals surface area contributed by atoms with Crippen LogP contribution in [0.1, 0.15) is 19.3 Å². The third-order valence-corrected chi connectivity index (χ3v) is 4.34. The Morgan fingerprint density at radius 1 is 1.53 bits per heavy atom. The zero-order valence-electron chi connectivity index (χ0n) is 11.0. The Balaban J connectivity index is 2.04. The smallest absolute Gasteiger partial charge is 0.227 e. The van der Waals surface area contributed by atoms with E-state index >= 15 is 0 Å². The van der Waals surface area contributed by atoms with Crippen LogP contribution in [0.25, 0.3) is 0 Å². The van der Waals surface area contributed by atoms with E-state index in [-0.39, 0.29) is 11.8 Å². The van der Waals surface area contributed by atoms with Gasteiger partial charge in [0.05, 0.1) is 11.6 Å². The molecule has 3 N–H and O–H groups in total. The van der Waals surface area contributed by atoms with Gasteiger partial charge in [-0.05, 0) is 59.4 Å². The molecule has 19 heavy (non-hydrogen) atoms. The fraction of sp³-hybridized carbons (Fsp3) is 0.500. The summed E-state index contributed by atoms with van der Waals surface area (Å²) >= 11 is 3.41. The van der Waals surface area contributed by atoms with Gasteiger partial charge in [0, 0.05) is 11.6 Å². The Hall–Kier alpha value is -1.07. The number of carbonyl (C=O) groups excluding carboxylic acids is 1. The highest BCUT2D eigenvalue weighted by Crippen LogP contribution is 2.33. The predicted molar refractivity (Wildman–Crippen MR) is 79.2 cm³/mol. The number of methoxy groups -OCH3 is 1. The molecule has 2 unspecified atom stereocenters. The molecule has 0 saturated heterocycles. The molecule has 5 heteroatoms. The number of nitrogens with one attached hydrogen (secondary N) is 1. The minimum absolute atomic E-state index is 0.0471. The summed E-state index contributed by atoms with van der Waals surface area (Å²) in [4.78, 5) is 12.2. The van der Waals surface area contributed by atoms with Gasteiger partial charge >= 0.3 is 0 Å². The second-order valence-electron chi connectivity index (χ2n) is 4.87. The van der Waals surface area contributed by atoms with Crippen molar-refractivity contribution in [2.75, 3.05) is 19.0 Å². The molecule has 0 heterocycles. The SMILES string of the molecule is COc1ccc(NC(=O)C2CCCC2CN)cc1Br. The number of ether oxygens (including phenoxy) is 1. The van der Waals surface area contributed by atoms with Gasteiger partial charge in [0.15, 0.2) is 0 Å². The Bertz CT molecular complexity index is 465. The standard InChI is InChI=1S/C14H19BrN2O2/c1-19-13-6-5-10(7-12(13)15)17-14(18)11-4-2-3-9(11)8-16/h5-7,9,11H,2-4,8,16H2,1H3,(H,17,18).